The Labute approximate surface area is 112 Å². The van der Waals surface area contributed by atoms with E-state index in [-0.39, 0.29) is 0 Å². The maximum atomic E-state index is 5.73. The van der Waals surface area contributed by atoms with Crippen molar-refractivity contribution in [1.29, 1.82) is 0 Å². The van der Waals surface area contributed by atoms with Crippen LogP contribution in [0.25, 0.3) is 5.69 Å². The molecule has 0 aliphatic rings. The molecule has 0 radical (unpaired) electrons. The van der Waals surface area contributed by atoms with Gasteiger partial charge in [0.1, 0.15) is 11.4 Å². The molecule has 2 aromatic rings. The Balaban J connectivity index is 2.28. The highest BCUT2D eigenvalue weighted by Gasteiger charge is 2.12. The van der Waals surface area contributed by atoms with Gasteiger partial charge in [0, 0.05) is 6.42 Å². The second-order valence-corrected chi connectivity index (χ2v) is 4.22. The van der Waals surface area contributed by atoms with Crippen molar-refractivity contribution in [3.63, 3.8) is 0 Å². The van der Waals surface area contributed by atoms with Crippen LogP contribution in [-0.4, -0.2) is 33.4 Å². The normalized spacial score (nSPS) is 10.6. The highest BCUT2D eigenvalue weighted by Crippen LogP contribution is 2.22. The number of tetrazole rings is 1. The third-order valence-electron chi connectivity index (χ3n) is 2.69. The van der Waals surface area contributed by atoms with Crippen LogP contribution >= 0.6 is 0 Å². The molecule has 0 amide bonds. The van der Waals surface area contributed by atoms with Gasteiger partial charge in [-0.05, 0) is 41.9 Å². The standard InChI is InChI=1S/C13H19N5O/c1-2-10-19-12-7-4-3-6-11(12)18-13(8-5-9-14)15-16-17-18/h3-4,6-7H,2,5,8-10,14H2,1H3. The number of benzene rings is 1. The molecule has 0 unspecified atom stereocenters. The van der Waals surface area contributed by atoms with E-state index in [0.717, 1.165) is 36.5 Å². The molecule has 1 aromatic heterocycles. The van der Waals surface area contributed by atoms with Crippen LogP contribution in [0.4, 0.5) is 0 Å². The lowest BCUT2D eigenvalue weighted by molar-refractivity contribution is 0.315. The topological polar surface area (TPSA) is 78.8 Å². The van der Waals surface area contributed by atoms with Crippen molar-refractivity contribution in [3.05, 3.63) is 30.1 Å². The van der Waals surface area contributed by atoms with E-state index in [1.54, 1.807) is 4.68 Å². The predicted octanol–water partition coefficient (Wildman–Crippen LogP) is 1.34. The molecule has 0 atom stereocenters. The van der Waals surface area contributed by atoms with Crippen LogP contribution in [0.1, 0.15) is 25.6 Å². The summed E-state index contributed by atoms with van der Waals surface area (Å²) in [6, 6.07) is 7.77. The van der Waals surface area contributed by atoms with Crippen LogP contribution in [0.2, 0.25) is 0 Å². The average molecular weight is 261 g/mol. The zero-order chi connectivity index (χ0) is 13.5. The lowest BCUT2D eigenvalue weighted by atomic mass is 10.2. The molecule has 102 valence electrons. The second kappa shape index (κ2) is 6.84. The first-order valence-corrected chi connectivity index (χ1v) is 6.56. The second-order valence-electron chi connectivity index (χ2n) is 4.22. The molecule has 2 N–H and O–H groups in total. The van der Waals surface area contributed by atoms with Gasteiger partial charge in [0.05, 0.1) is 6.61 Å². The molecule has 0 saturated heterocycles. The van der Waals surface area contributed by atoms with E-state index >= 15 is 0 Å². The van der Waals surface area contributed by atoms with Crippen LogP contribution in [0.3, 0.4) is 0 Å². The van der Waals surface area contributed by atoms with Crippen molar-refractivity contribution in [2.45, 2.75) is 26.2 Å². The summed E-state index contributed by atoms with van der Waals surface area (Å²) in [7, 11) is 0. The van der Waals surface area contributed by atoms with Crippen LogP contribution in [0.15, 0.2) is 24.3 Å². The van der Waals surface area contributed by atoms with Crippen molar-refractivity contribution in [2.75, 3.05) is 13.2 Å². The number of aromatic nitrogens is 4. The molecule has 1 heterocycles. The maximum Gasteiger partial charge on any atom is 0.156 e. The number of rotatable bonds is 7. The Morgan fingerprint density at radius 2 is 2.16 bits per heavy atom. The summed E-state index contributed by atoms with van der Waals surface area (Å²) in [6.45, 7) is 3.38. The molecule has 6 heteroatoms. The SMILES string of the molecule is CCCOc1ccccc1-n1nnnc1CCCN. The monoisotopic (exact) mass is 261 g/mol. The molecule has 2 rings (SSSR count). The minimum Gasteiger partial charge on any atom is -0.491 e. The van der Waals surface area contributed by atoms with Gasteiger partial charge in [0.25, 0.3) is 0 Å². The molecular formula is C13H19N5O. The summed E-state index contributed by atoms with van der Waals surface area (Å²) in [6.07, 6.45) is 2.58. The predicted molar refractivity (Wildman–Crippen MR) is 72.3 cm³/mol. The molecule has 0 aliphatic carbocycles. The Morgan fingerprint density at radius 3 is 2.95 bits per heavy atom. The summed E-state index contributed by atoms with van der Waals surface area (Å²) in [5, 5.41) is 11.8. The Morgan fingerprint density at radius 1 is 1.32 bits per heavy atom. The fraction of sp³-hybridized carbons (Fsp3) is 0.462. The molecule has 6 nitrogen and oxygen atoms in total. The van der Waals surface area contributed by atoms with E-state index in [0.29, 0.717) is 13.2 Å². The third-order valence-corrected chi connectivity index (χ3v) is 2.69. The number of hydrogen-bond donors (Lipinski definition) is 1. The minimum absolute atomic E-state index is 0.626. The van der Waals surface area contributed by atoms with Gasteiger partial charge < -0.3 is 10.5 Å². The Bertz CT molecular complexity index is 511. The first kappa shape index (κ1) is 13.5. The fourth-order valence-electron chi connectivity index (χ4n) is 1.78. The fourth-order valence-corrected chi connectivity index (χ4v) is 1.78. The van der Waals surface area contributed by atoms with Gasteiger partial charge in [-0.2, -0.15) is 4.68 Å². The zero-order valence-electron chi connectivity index (χ0n) is 11.1. The van der Waals surface area contributed by atoms with Gasteiger partial charge in [-0.25, -0.2) is 0 Å². The smallest absolute Gasteiger partial charge is 0.156 e. The number of nitrogens with two attached hydrogens (primary N) is 1. The third kappa shape index (κ3) is 3.29. The van der Waals surface area contributed by atoms with Gasteiger partial charge in [0.2, 0.25) is 0 Å². The number of ether oxygens (including phenoxy) is 1. The summed E-state index contributed by atoms with van der Waals surface area (Å²) in [4.78, 5) is 0. The zero-order valence-corrected chi connectivity index (χ0v) is 11.1. The summed E-state index contributed by atoms with van der Waals surface area (Å²) >= 11 is 0. The van der Waals surface area contributed by atoms with Crippen LogP contribution < -0.4 is 10.5 Å². The minimum atomic E-state index is 0.626. The molecule has 19 heavy (non-hydrogen) atoms. The molecule has 0 fully saturated rings. The quantitative estimate of drug-likeness (QED) is 0.813. The van der Waals surface area contributed by atoms with E-state index in [1.165, 1.54) is 0 Å². The van der Waals surface area contributed by atoms with Crippen LogP contribution in [0.5, 0.6) is 5.75 Å². The number of hydrogen-bond acceptors (Lipinski definition) is 5. The first-order valence-electron chi connectivity index (χ1n) is 6.56. The lowest BCUT2D eigenvalue weighted by Gasteiger charge is -2.11. The molecule has 0 aliphatic heterocycles. The average Bonchev–Trinajstić information content (AvgIpc) is 2.91. The van der Waals surface area contributed by atoms with Gasteiger partial charge in [-0.3, -0.25) is 0 Å². The first-order chi connectivity index (χ1) is 9.36. The summed E-state index contributed by atoms with van der Waals surface area (Å²) < 4.78 is 7.45. The van der Waals surface area contributed by atoms with Gasteiger partial charge >= 0.3 is 0 Å². The summed E-state index contributed by atoms with van der Waals surface area (Å²) in [5.41, 5.74) is 6.40. The highest BCUT2D eigenvalue weighted by molar-refractivity contribution is 5.46. The van der Waals surface area contributed by atoms with Gasteiger partial charge in [0.15, 0.2) is 5.82 Å². The number of nitrogens with zero attached hydrogens (tertiary/aromatic N) is 4. The van der Waals surface area contributed by atoms with Crippen molar-refractivity contribution < 1.29 is 4.74 Å². The number of aryl methyl sites for hydroxylation is 1. The maximum absolute atomic E-state index is 5.73. The molecule has 0 bridgehead atoms. The van der Waals surface area contributed by atoms with Crippen molar-refractivity contribution in [2.24, 2.45) is 5.73 Å². The molecule has 0 saturated carbocycles. The van der Waals surface area contributed by atoms with E-state index in [2.05, 4.69) is 22.4 Å². The summed E-state index contributed by atoms with van der Waals surface area (Å²) in [5.74, 6) is 1.60. The van der Waals surface area contributed by atoms with E-state index in [1.807, 2.05) is 24.3 Å². The molecule has 1 aromatic carbocycles. The van der Waals surface area contributed by atoms with Gasteiger partial charge in [-0.1, -0.05) is 19.1 Å². The molecule has 0 spiro atoms. The van der Waals surface area contributed by atoms with E-state index < -0.39 is 0 Å². The number of para-hydroxylation sites is 2. The Kier molecular flexibility index (Phi) is 4.85. The molecular weight excluding hydrogens is 242 g/mol. The Hall–Kier alpha value is -1.95. The lowest BCUT2D eigenvalue weighted by Crippen LogP contribution is -2.09. The van der Waals surface area contributed by atoms with Crippen LogP contribution in [-0.2, 0) is 6.42 Å². The van der Waals surface area contributed by atoms with Crippen molar-refractivity contribution in [3.8, 4) is 11.4 Å². The van der Waals surface area contributed by atoms with Gasteiger partial charge in [-0.15, -0.1) is 5.10 Å². The van der Waals surface area contributed by atoms with Crippen molar-refractivity contribution >= 4 is 0 Å². The van der Waals surface area contributed by atoms with E-state index in [4.69, 9.17) is 10.5 Å². The highest BCUT2D eigenvalue weighted by atomic mass is 16.5. The van der Waals surface area contributed by atoms with E-state index in [9.17, 15) is 0 Å². The largest absolute Gasteiger partial charge is 0.491 e. The van der Waals surface area contributed by atoms with Crippen LogP contribution in [0, 0.1) is 0 Å². The van der Waals surface area contributed by atoms with Crippen molar-refractivity contribution in [1.82, 2.24) is 20.2 Å².